The maximum atomic E-state index is 10.5. The number of rotatable bonds is 24. The van der Waals surface area contributed by atoms with Crippen LogP contribution in [0.3, 0.4) is 0 Å². The van der Waals surface area contributed by atoms with Gasteiger partial charge in [-0.1, -0.05) is 64.5 Å². The van der Waals surface area contributed by atoms with E-state index < -0.39 is 4.92 Å². The van der Waals surface area contributed by atoms with E-state index in [4.69, 9.17) is 44.0 Å². The molecular formula is C46H63BrN2O12. The standard InChI is InChI=1S/C12H15NO4.C12H19NO2.C11H14O3.C7H6O2.C4H9BrO/c1-2-16-8-9-17-12-5-3-4-11(10-12)6-7-13(14)15;1-2-14-8-9-15-12-5-3-4-11(10-12)6-7-13;1-2-13-6-7-14-11-5-3-4-10(8-11)9-12;8-5-6-2-1-3-7(9)4-6;1-2-6-4-3-5/h3-7,10H,2,8-9H2,1H3;3-5,10H,2,6-9,13H2,1H3;3-5,8-9H,2,6-7H2,1H3;1-5,9H;2-4H2,1H3/b7-6+;;;;. The number of nitrogens with zero attached hydrogens (tertiary/aromatic N) is 1. The van der Waals surface area contributed by atoms with Gasteiger partial charge in [-0.05, 0) is 100 Å². The Morgan fingerprint density at radius 1 is 0.607 bits per heavy atom. The summed E-state index contributed by atoms with van der Waals surface area (Å²) in [6.45, 7) is 15.5. The summed E-state index contributed by atoms with van der Waals surface area (Å²) >= 11 is 3.23. The van der Waals surface area contributed by atoms with Gasteiger partial charge in [-0.2, -0.15) is 0 Å². The number of aldehydes is 2. The molecular weight excluding hydrogens is 852 g/mol. The smallest absolute Gasteiger partial charge is 0.235 e. The van der Waals surface area contributed by atoms with Crippen molar-refractivity contribution >= 4 is 34.6 Å². The molecule has 4 aromatic carbocycles. The van der Waals surface area contributed by atoms with E-state index in [1.165, 1.54) is 23.8 Å². The highest BCUT2D eigenvalue weighted by atomic mass is 79.9. The number of nitro groups is 1. The zero-order valence-electron chi connectivity index (χ0n) is 35.8. The van der Waals surface area contributed by atoms with Crippen LogP contribution in [0.1, 0.15) is 59.5 Å². The predicted molar refractivity (Wildman–Crippen MR) is 243 cm³/mol. The number of phenolic OH excluding ortho intramolecular Hbond substituents is 1. The van der Waals surface area contributed by atoms with Crippen molar-refractivity contribution in [2.24, 2.45) is 5.73 Å². The average molecular weight is 916 g/mol. The molecule has 0 spiro atoms. The quantitative estimate of drug-likeness (QED) is 0.0224. The molecule has 4 aromatic rings. The molecule has 0 radical (unpaired) electrons. The number of carbonyl (C=O) groups is 2. The van der Waals surface area contributed by atoms with Gasteiger partial charge in [0.25, 0.3) is 0 Å². The minimum absolute atomic E-state index is 0.125. The second-order valence-electron chi connectivity index (χ2n) is 11.8. The van der Waals surface area contributed by atoms with Gasteiger partial charge in [0.15, 0.2) is 0 Å². The summed E-state index contributed by atoms with van der Waals surface area (Å²) in [5.74, 6) is 2.39. The number of alkyl halides is 1. The number of carbonyl (C=O) groups excluding carboxylic acids is 2. The van der Waals surface area contributed by atoms with Crippen molar-refractivity contribution < 1.29 is 52.8 Å². The van der Waals surface area contributed by atoms with Crippen LogP contribution in [0.2, 0.25) is 0 Å². The van der Waals surface area contributed by atoms with Crippen LogP contribution in [0.25, 0.3) is 6.08 Å². The van der Waals surface area contributed by atoms with Crippen LogP contribution in [-0.4, -0.2) is 107 Å². The first-order chi connectivity index (χ1) is 29.7. The Morgan fingerprint density at radius 3 is 1.44 bits per heavy atom. The number of ether oxygens (including phenoxy) is 7. The van der Waals surface area contributed by atoms with Gasteiger partial charge >= 0.3 is 0 Å². The van der Waals surface area contributed by atoms with Crippen LogP contribution in [0.5, 0.6) is 23.0 Å². The molecule has 14 nitrogen and oxygen atoms in total. The summed E-state index contributed by atoms with van der Waals surface area (Å²) in [6, 6.07) is 28.4. The largest absolute Gasteiger partial charge is 0.508 e. The first-order valence-electron chi connectivity index (χ1n) is 19.9. The van der Waals surface area contributed by atoms with Gasteiger partial charge in [0.05, 0.1) is 31.4 Å². The number of nitrogens with two attached hydrogens (primary N) is 1. The van der Waals surface area contributed by atoms with Crippen LogP contribution in [0.15, 0.2) is 103 Å². The molecule has 61 heavy (non-hydrogen) atoms. The lowest BCUT2D eigenvalue weighted by Gasteiger charge is -2.07. The van der Waals surface area contributed by atoms with Gasteiger partial charge in [-0.15, -0.1) is 0 Å². The van der Waals surface area contributed by atoms with Gasteiger partial charge in [-0.25, -0.2) is 0 Å². The normalized spacial score (nSPS) is 9.93. The summed E-state index contributed by atoms with van der Waals surface area (Å²) in [4.78, 5) is 30.2. The molecule has 15 heteroatoms. The van der Waals surface area contributed by atoms with E-state index in [1.807, 2.05) is 52.0 Å². The van der Waals surface area contributed by atoms with Gasteiger partial charge in [0.1, 0.15) is 55.4 Å². The third-order valence-electron chi connectivity index (χ3n) is 7.11. The zero-order valence-corrected chi connectivity index (χ0v) is 37.4. The SMILES string of the molecule is CCOCCBr.CCOCCOc1cccc(/C=C/[N+](=O)[O-])c1.CCOCCOc1cccc(C=O)c1.CCOCCOc1cccc(CCN)c1.O=Cc1cccc(O)c1. The molecule has 0 saturated carbocycles. The fourth-order valence-electron chi connectivity index (χ4n) is 4.38. The first kappa shape index (κ1) is 55.8. The second kappa shape index (κ2) is 40.3. The monoisotopic (exact) mass is 914 g/mol. The van der Waals surface area contributed by atoms with Crippen molar-refractivity contribution in [1.29, 1.82) is 0 Å². The maximum Gasteiger partial charge on any atom is 0.235 e. The van der Waals surface area contributed by atoms with E-state index in [2.05, 4.69) is 22.0 Å². The number of benzene rings is 4. The highest BCUT2D eigenvalue weighted by Gasteiger charge is 1.98. The third kappa shape index (κ3) is 33.3. The Balaban J connectivity index is 0.000000765. The highest BCUT2D eigenvalue weighted by Crippen LogP contribution is 2.15. The lowest BCUT2D eigenvalue weighted by molar-refractivity contribution is -0.400. The van der Waals surface area contributed by atoms with Gasteiger partial charge in [-0.3, -0.25) is 19.7 Å². The van der Waals surface area contributed by atoms with E-state index in [0.717, 1.165) is 55.4 Å². The Morgan fingerprint density at radius 2 is 1.03 bits per heavy atom. The van der Waals surface area contributed by atoms with E-state index in [-0.39, 0.29) is 5.75 Å². The molecule has 0 atom stereocenters. The van der Waals surface area contributed by atoms with Crippen LogP contribution in [0.4, 0.5) is 0 Å². The Hall–Kier alpha value is -5.16. The van der Waals surface area contributed by atoms with E-state index in [0.29, 0.717) is 88.3 Å². The lowest BCUT2D eigenvalue weighted by Crippen LogP contribution is -2.07. The van der Waals surface area contributed by atoms with Crippen LogP contribution in [-0.2, 0) is 25.4 Å². The highest BCUT2D eigenvalue weighted by molar-refractivity contribution is 9.09. The summed E-state index contributed by atoms with van der Waals surface area (Å²) < 4.78 is 36.7. The number of hydrogen-bond donors (Lipinski definition) is 2. The van der Waals surface area contributed by atoms with Crippen molar-refractivity contribution in [2.45, 2.75) is 34.1 Å². The summed E-state index contributed by atoms with van der Waals surface area (Å²) in [5, 5.41) is 19.9. The second-order valence-corrected chi connectivity index (χ2v) is 12.6. The maximum absolute atomic E-state index is 10.5. The molecule has 4 rings (SSSR count). The Bertz CT molecular complexity index is 1720. The molecule has 0 fully saturated rings. The number of hydrogen-bond acceptors (Lipinski definition) is 13. The molecule has 3 N–H and O–H groups in total. The zero-order chi connectivity index (χ0) is 45.2. The third-order valence-corrected chi connectivity index (χ3v) is 7.43. The molecule has 0 aliphatic heterocycles. The average Bonchev–Trinajstić information content (AvgIpc) is 3.28. The number of phenols is 1. The van der Waals surface area contributed by atoms with Crippen molar-refractivity contribution in [1.82, 2.24) is 0 Å². The van der Waals surface area contributed by atoms with Crippen molar-refractivity contribution in [2.75, 3.05) is 84.6 Å². The predicted octanol–water partition coefficient (Wildman–Crippen LogP) is 8.49. The van der Waals surface area contributed by atoms with Gasteiger partial charge in [0, 0.05) is 49.0 Å². The van der Waals surface area contributed by atoms with Crippen molar-refractivity contribution in [3.05, 3.63) is 136 Å². The Kier molecular flexibility index (Phi) is 36.9. The molecule has 0 bridgehead atoms. The molecule has 0 unspecified atom stereocenters. The molecule has 0 saturated heterocycles. The van der Waals surface area contributed by atoms with Crippen molar-refractivity contribution in [3.8, 4) is 23.0 Å². The minimum Gasteiger partial charge on any atom is -0.508 e. The minimum atomic E-state index is -0.497. The number of halogens is 1. The lowest BCUT2D eigenvalue weighted by atomic mass is 10.1. The Labute approximate surface area is 369 Å². The van der Waals surface area contributed by atoms with Crippen LogP contribution >= 0.6 is 15.9 Å². The topological polar surface area (TPSA) is 188 Å². The molecule has 336 valence electrons. The van der Waals surface area contributed by atoms with Crippen LogP contribution < -0.4 is 19.9 Å². The first-order valence-corrected chi connectivity index (χ1v) is 21.1. The molecule has 0 amide bonds. The summed E-state index contributed by atoms with van der Waals surface area (Å²) in [7, 11) is 0. The van der Waals surface area contributed by atoms with Crippen LogP contribution in [0, 0.1) is 10.1 Å². The number of aromatic hydroxyl groups is 1. The molecule has 0 aliphatic carbocycles. The molecule has 0 heterocycles. The van der Waals surface area contributed by atoms with Crippen molar-refractivity contribution in [3.63, 3.8) is 0 Å². The molecule has 0 aliphatic rings. The van der Waals surface area contributed by atoms with Gasteiger partial charge in [0.2, 0.25) is 6.20 Å². The summed E-state index contributed by atoms with van der Waals surface area (Å²) in [5.41, 5.74) is 8.56. The molecule has 0 aromatic heterocycles. The summed E-state index contributed by atoms with van der Waals surface area (Å²) in [6.07, 6.45) is 4.71. The van der Waals surface area contributed by atoms with E-state index in [1.54, 1.807) is 54.6 Å². The fraction of sp³-hybridized carbons (Fsp3) is 0.391. The van der Waals surface area contributed by atoms with Gasteiger partial charge < -0.3 is 44.0 Å². The van der Waals surface area contributed by atoms with E-state index in [9.17, 15) is 19.7 Å². The fourth-order valence-corrected chi connectivity index (χ4v) is 4.60. The van der Waals surface area contributed by atoms with E-state index >= 15 is 0 Å².